The summed E-state index contributed by atoms with van der Waals surface area (Å²) in [4.78, 5) is 22.2. The lowest BCUT2D eigenvalue weighted by atomic mass is 10.1. The summed E-state index contributed by atoms with van der Waals surface area (Å²) >= 11 is 0. The highest BCUT2D eigenvalue weighted by Crippen LogP contribution is 2.23. The Bertz CT molecular complexity index is 1010. The number of carbonyl (C=O) groups is 1. The molecule has 146 valence electrons. The molecule has 4 rings (SSSR count). The first-order chi connectivity index (χ1) is 13.5. The maximum Gasteiger partial charge on any atom is 0.253 e. The molecule has 1 aliphatic heterocycles. The highest BCUT2D eigenvalue weighted by molar-refractivity contribution is 5.95. The van der Waals surface area contributed by atoms with Crippen LogP contribution in [0.25, 0.3) is 16.7 Å². The van der Waals surface area contributed by atoms with Crippen LogP contribution >= 0.6 is 0 Å². The van der Waals surface area contributed by atoms with Crippen molar-refractivity contribution in [3.63, 3.8) is 0 Å². The van der Waals surface area contributed by atoms with Gasteiger partial charge in [-0.15, -0.1) is 0 Å². The van der Waals surface area contributed by atoms with E-state index in [0.29, 0.717) is 6.04 Å². The quantitative estimate of drug-likeness (QED) is 0.694. The lowest BCUT2D eigenvalue weighted by Gasteiger charge is -2.26. The summed E-state index contributed by atoms with van der Waals surface area (Å²) in [6.45, 7) is 8.43. The molecule has 5 nitrogen and oxygen atoms in total. The molecule has 5 heteroatoms. The van der Waals surface area contributed by atoms with Crippen molar-refractivity contribution in [2.45, 2.75) is 39.3 Å². The van der Waals surface area contributed by atoms with Crippen LogP contribution in [0.5, 0.6) is 0 Å². The van der Waals surface area contributed by atoms with E-state index in [1.807, 2.05) is 61.3 Å². The van der Waals surface area contributed by atoms with Gasteiger partial charge in [-0.2, -0.15) is 0 Å². The third kappa shape index (κ3) is 3.31. The van der Waals surface area contributed by atoms with Gasteiger partial charge in [0.2, 0.25) is 0 Å². The molecule has 0 spiro atoms. The molecule has 1 aliphatic rings. The topological polar surface area (TPSA) is 41.4 Å². The molecule has 0 bridgehead atoms. The van der Waals surface area contributed by atoms with Crippen molar-refractivity contribution in [1.29, 1.82) is 0 Å². The largest absolute Gasteiger partial charge is 0.337 e. The minimum Gasteiger partial charge on any atom is -0.337 e. The number of aryl methyl sites for hydroxylation is 1. The van der Waals surface area contributed by atoms with E-state index in [1.54, 1.807) is 0 Å². The number of para-hydroxylation sites is 2. The van der Waals surface area contributed by atoms with Crippen LogP contribution in [0.1, 0.15) is 36.5 Å². The molecular weight excluding hydrogens is 348 g/mol. The Labute approximate surface area is 166 Å². The molecule has 2 aromatic carbocycles. The normalized spacial score (nSPS) is 17.5. The molecule has 1 amide bonds. The third-order valence-electron chi connectivity index (χ3n) is 5.87. The molecule has 0 radical (unpaired) electrons. The zero-order chi connectivity index (χ0) is 19.8. The average molecular weight is 377 g/mol. The lowest BCUT2D eigenvalue weighted by molar-refractivity contribution is 0.0732. The first-order valence-electron chi connectivity index (χ1n) is 10.0. The summed E-state index contributed by atoms with van der Waals surface area (Å²) in [7, 11) is 1.93. The minimum absolute atomic E-state index is 0.0829. The number of carbonyl (C=O) groups excluding carboxylic acids is 1. The van der Waals surface area contributed by atoms with Crippen LogP contribution < -0.4 is 0 Å². The predicted molar refractivity (Wildman–Crippen MR) is 113 cm³/mol. The Morgan fingerprint density at radius 3 is 2.71 bits per heavy atom. The van der Waals surface area contributed by atoms with Gasteiger partial charge in [-0.3, -0.25) is 14.3 Å². The van der Waals surface area contributed by atoms with Crippen molar-refractivity contribution in [3.8, 4) is 5.69 Å². The molecule has 28 heavy (non-hydrogen) atoms. The number of rotatable bonds is 4. The molecule has 1 fully saturated rings. The second-order valence-electron chi connectivity index (χ2n) is 7.98. The molecule has 2 heterocycles. The van der Waals surface area contributed by atoms with Gasteiger partial charge in [-0.05, 0) is 57.5 Å². The first kappa shape index (κ1) is 18.7. The van der Waals surface area contributed by atoms with Crippen LogP contribution in [0.2, 0.25) is 0 Å². The van der Waals surface area contributed by atoms with Gasteiger partial charge < -0.3 is 4.90 Å². The summed E-state index contributed by atoms with van der Waals surface area (Å²) in [5.74, 6) is 1.00. The van der Waals surface area contributed by atoms with Gasteiger partial charge in [-0.25, -0.2) is 4.98 Å². The van der Waals surface area contributed by atoms with E-state index >= 15 is 0 Å². The van der Waals surface area contributed by atoms with E-state index in [2.05, 4.69) is 34.4 Å². The van der Waals surface area contributed by atoms with Crippen LogP contribution in [0, 0.1) is 6.92 Å². The van der Waals surface area contributed by atoms with Crippen molar-refractivity contribution in [1.82, 2.24) is 19.4 Å². The number of benzene rings is 2. The predicted octanol–water partition coefficient (Wildman–Crippen LogP) is 3.89. The van der Waals surface area contributed by atoms with Crippen LogP contribution in [-0.2, 0) is 0 Å². The van der Waals surface area contributed by atoms with Crippen LogP contribution in [0.15, 0.2) is 48.5 Å². The minimum atomic E-state index is 0.0829. The number of hydrogen-bond donors (Lipinski definition) is 0. The maximum atomic E-state index is 13.2. The highest BCUT2D eigenvalue weighted by Gasteiger charge is 2.30. The van der Waals surface area contributed by atoms with Gasteiger partial charge in [0.1, 0.15) is 5.82 Å². The van der Waals surface area contributed by atoms with E-state index in [-0.39, 0.29) is 11.9 Å². The first-order valence-corrected chi connectivity index (χ1v) is 10.0. The smallest absolute Gasteiger partial charge is 0.253 e. The number of hydrogen-bond acceptors (Lipinski definition) is 3. The van der Waals surface area contributed by atoms with Gasteiger partial charge >= 0.3 is 0 Å². The molecule has 0 aliphatic carbocycles. The van der Waals surface area contributed by atoms with Gasteiger partial charge in [0.05, 0.1) is 11.0 Å². The van der Waals surface area contributed by atoms with Gasteiger partial charge in [0.15, 0.2) is 0 Å². The molecule has 0 saturated carbocycles. The van der Waals surface area contributed by atoms with Crippen molar-refractivity contribution in [2.75, 3.05) is 20.1 Å². The molecule has 0 unspecified atom stereocenters. The van der Waals surface area contributed by atoms with E-state index < -0.39 is 0 Å². The summed E-state index contributed by atoms with van der Waals surface area (Å²) in [5, 5.41) is 0. The average Bonchev–Trinajstić information content (AvgIpc) is 3.31. The molecule has 1 saturated heterocycles. The zero-order valence-electron chi connectivity index (χ0n) is 17.1. The summed E-state index contributed by atoms with van der Waals surface area (Å²) in [6, 6.07) is 16.8. The standard InChI is InChI=1S/C23H28N4O/c1-16(2)26-13-12-20(15-26)25(4)23(28)18-8-7-9-19(14-18)27-17(3)24-21-10-5-6-11-22(21)27/h5-11,14,16,20H,12-13,15H2,1-4H3/t20-/m1/s1. The number of likely N-dealkylation sites (N-methyl/N-ethyl adjacent to an activating group) is 1. The molecule has 3 aromatic rings. The van der Waals surface area contributed by atoms with Crippen molar-refractivity contribution < 1.29 is 4.79 Å². The second-order valence-corrected chi connectivity index (χ2v) is 7.98. The Morgan fingerprint density at radius 2 is 1.96 bits per heavy atom. The Kier molecular flexibility index (Phi) is 4.94. The van der Waals surface area contributed by atoms with Crippen molar-refractivity contribution >= 4 is 16.9 Å². The van der Waals surface area contributed by atoms with Crippen LogP contribution in [0.3, 0.4) is 0 Å². The molecule has 1 atom stereocenters. The second kappa shape index (κ2) is 7.40. The van der Waals surface area contributed by atoms with Crippen LogP contribution in [-0.4, -0.2) is 57.5 Å². The monoisotopic (exact) mass is 376 g/mol. The SMILES string of the molecule is Cc1nc2ccccc2n1-c1cccc(C(=O)N(C)[C@@H]2CCN(C(C)C)C2)c1. The highest BCUT2D eigenvalue weighted by atomic mass is 16.2. The van der Waals surface area contributed by atoms with Gasteiger partial charge in [0, 0.05) is 43.5 Å². The number of nitrogens with zero attached hydrogens (tertiary/aromatic N) is 4. The summed E-state index contributed by atoms with van der Waals surface area (Å²) < 4.78 is 2.11. The Hall–Kier alpha value is -2.66. The number of fused-ring (bicyclic) bond motifs is 1. The number of likely N-dealkylation sites (tertiary alicyclic amines) is 1. The van der Waals surface area contributed by atoms with E-state index in [1.165, 1.54) is 0 Å². The van der Waals surface area contributed by atoms with E-state index in [0.717, 1.165) is 47.6 Å². The number of imidazole rings is 1. The zero-order valence-corrected chi connectivity index (χ0v) is 17.1. The van der Waals surface area contributed by atoms with Crippen molar-refractivity contribution in [3.05, 3.63) is 59.9 Å². The van der Waals surface area contributed by atoms with Gasteiger partial charge in [0.25, 0.3) is 5.91 Å². The lowest BCUT2D eigenvalue weighted by Crippen LogP contribution is -2.40. The van der Waals surface area contributed by atoms with Crippen LogP contribution in [0.4, 0.5) is 0 Å². The molecule has 0 N–H and O–H groups in total. The fourth-order valence-corrected chi connectivity index (χ4v) is 4.17. The van der Waals surface area contributed by atoms with E-state index in [4.69, 9.17) is 0 Å². The fourth-order valence-electron chi connectivity index (χ4n) is 4.17. The third-order valence-corrected chi connectivity index (χ3v) is 5.87. The Morgan fingerprint density at radius 1 is 1.18 bits per heavy atom. The maximum absolute atomic E-state index is 13.2. The van der Waals surface area contributed by atoms with E-state index in [9.17, 15) is 4.79 Å². The van der Waals surface area contributed by atoms with Gasteiger partial charge in [-0.1, -0.05) is 18.2 Å². The summed E-state index contributed by atoms with van der Waals surface area (Å²) in [5.41, 5.74) is 3.72. The Balaban J connectivity index is 1.62. The number of amides is 1. The van der Waals surface area contributed by atoms with Crippen molar-refractivity contribution in [2.24, 2.45) is 0 Å². The molecule has 1 aromatic heterocycles. The fraction of sp³-hybridized carbons (Fsp3) is 0.391. The summed E-state index contributed by atoms with van der Waals surface area (Å²) in [6.07, 6.45) is 1.03. The number of aromatic nitrogens is 2. The molecular formula is C23H28N4O.